The summed E-state index contributed by atoms with van der Waals surface area (Å²) in [6.07, 6.45) is 4.45. The molecular formula is C7H15ISi. The summed E-state index contributed by atoms with van der Waals surface area (Å²) in [7, 11) is -0.798. The van der Waals surface area contributed by atoms with E-state index in [0.29, 0.717) is 0 Å². The molecule has 0 aliphatic heterocycles. The summed E-state index contributed by atoms with van der Waals surface area (Å²) < 4.78 is 1.37. The molecule has 0 aromatic rings. The van der Waals surface area contributed by atoms with E-state index in [1.165, 1.54) is 10.1 Å². The van der Waals surface area contributed by atoms with E-state index in [9.17, 15) is 0 Å². The molecule has 0 spiro atoms. The summed E-state index contributed by atoms with van der Waals surface area (Å²) in [5.41, 5.74) is 0. The van der Waals surface area contributed by atoms with Crippen molar-refractivity contribution in [2.75, 3.05) is 4.05 Å². The van der Waals surface area contributed by atoms with Crippen molar-refractivity contribution in [3.05, 3.63) is 12.2 Å². The van der Waals surface area contributed by atoms with Gasteiger partial charge in [-0.3, -0.25) is 0 Å². The highest BCUT2D eigenvalue weighted by Crippen LogP contribution is 2.12. The fraction of sp³-hybridized carbons (Fsp3) is 0.714. The van der Waals surface area contributed by atoms with Crippen molar-refractivity contribution < 1.29 is 0 Å². The van der Waals surface area contributed by atoms with Crippen LogP contribution in [0.2, 0.25) is 19.1 Å². The van der Waals surface area contributed by atoms with Crippen LogP contribution in [0.3, 0.4) is 0 Å². The first-order valence-electron chi connectivity index (χ1n) is 3.29. The molecule has 0 atom stereocenters. The Bertz CT molecular complexity index is 97.1. The minimum Gasteiger partial charge on any atom is -0.0919 e. The van der Waals surface area contributed by atoms with E-state index in [0.717, 1.165) is 0 Å². The zero-order chi connectivity index (χ0) is 7.33. The molecule has 0 saturated carbocycles. The zero-order valence-electron chi connectivity index (χ0n) is 6.45. The van der Waals surface area contributed by atoms with Crippen LogP contribution in [0.4, 0.5) is 0 Å². The van der Waals surface area contributed by atoms with Crippen LogP contribution in [0.15, 0.2) is 12.2 Å². The summed E-state index contributed by atoms with van der Waals surface area (Å²) in [4.78, 5) is 0. The molecule has 2 heteroatoms. The topological polar surface area (TPSA) is 0 Å². The van der Waals surface area contributed by atoms with Gasteiger partial charge in [-0.05, 0) is 17.0 Å². The van der Waals surface area contributed by atoms with Crippen molar-refractivity contribution >= 4 is 30.7 Å². The van der Waals surface area contributed by atoms with Crippen molar-refractivity contribution in [3.8, 4) is 0 Å². The van der Waals surface area contributed by atoms with E-state index in [2.05, 4.69) is 54.8 Å². The van der Waals surface area contributed by atoms with Gasteiger partial charge in [0, 0.05) is 0 Å². The smallest absolute Gasteiger partial charge is 0.0615 e. The van der Waals surface area contributed by atoms with Gasteiger partial charge in [0.05, 0.1) is 8.07 Å². The quantitative estimate of drug-likeness (QED) is 0.314. The van der Waals surface area contributed by atoms with Crippen LogP contribution in [0.25, 0.3) is 0 Å². The Hall–Kier alpha value is 0.687. The molecule has 0 nitrogen and oxygen atoms in total. The molecule has 0 saturated heterocycles. The average Bonchev–Trinajstić information content (AvgIpc) is 1.84. The summed E-state index contributed by atoms with van der Waals surface area (Å²) >= 11 is 2.50. The molecule has 0 aliphatic rings. The monoisotopic (exact) mass is 254 g/mol. The number of rotatable bonds is 3. The molecule has 0 radical (unpaired) electrons. The molecule has 9 heavy (non-hydrogen) atoms. The lowest BCUT2D eigenvalue weighted by atomic mass is 10.6. The molecule has 0 amide bonds. The normalized spacial score (nSPS) is 12.9. The third kappa shape index (κ3) is 5.15. The van der Waals surface area contributed by atoms with Gasteiger partial charge in [0.15, 0.2) is 0 Å². The second-order valence-corrected chi connectivity index (χ2v) is 10.4. The highest BCUT2D eigenvalue weighted by molar-refractivity contribution is 14.1. The molecule has 0 aromatic carbocycles. The summed E-state index contributed by atoms with van der Waals surface area (Å²) in [5.74, 6) is 0. The predicted octanol–water partition coefficient (Wildman–Crippen LogP) is 3.25. The average molecular weight is 254 g/mol. The lowest BCUT2D eigenvalue weighted by Crippen LogP contribution is -2.26. The van der Waals surface area contributed by atoms with Crippen LogP contribution in [-0.4, -0.2) is 12.1 Å². The molecule has 0 aliphatic carbocycles. The van der Waals surface area contributed by atoms with Crippen molar-refractivity contribution in [3.63, 3.8) is 0 Å². The molecular weight excluding hydrogens is 239 g/mol. The van der Waals surface area contributed by atoms with Crippen LogP contribution in [0.1, 0.15) is 6.92 Å². The van der Waals surface area contributed by atoms with E-state index in [1.54, 1.807) is 0 Å². The largest absolute Gasteiger partial charge is 0.0919 e. The van der Waals surface area contributed by atoms with Crippen molar-refractivity contribution in [1.82, 2.24) is 0 Å². The Morgan fingerprint density at radius 1 is 1.44 bits per heavy atom. The van der Waals surface area contributed by atoms with Gasteiger partial charge in [0.25, 0.3) is 0 Å². The van der Waals surface area contributed by atoms with Gasteiger partial charge < -0.3 is 0 Å². The number of halogens is 1. The van der Waals surface area contributed by atoms with Gasteiger partial charge >= 0.3 is 0 Å². The van der Waals surface area contributed by atoms with E-state index in [-0.39, 0.29) is 0 Å². The maximum atomic E-state index is 2.50. The van der Waals surface area contributed by atoms with E-state index < -0.39 is 8.07 Å². The predicted molar refractivity (Wildman–Crippen MR) is 56.0 cm³/mol. The first-order chi connectivity index (χ1) is 4.12. The van der Waals surface area contributed by atoms with E-state index in [1.807, 2.05) is 0 Å². The summed E-state index contributed by atoms with van der Waals surface area (Å²) in [6.45, 7) is 6.95. The molecule has 0 fully saturated rings. The van der Waals surface area contributed by atoms with Gasteiger partial charge in [-0.1, -0.05) is 47.8 Å². The van der Waals surface area contributed by atoms with Crippen LogP contribution < -0.4 is 0 Å². The van der Waals surface area contributed by atoms with Gasteiger partial charge in [-0.2, -0.15) is 0 Å². The molecule has 0 unspecified atom stereocenters. The highest BCUT2D eigenvalue weighted by atomic mass is 127. The molecule has 0 rings (SSSR count). The third-order valence-electron chi connectivity index (χ3n) is 1.27. The highest BCUT2D eigenvalue weighted by Gasteiger charge is 2.15. The molecule has 0 bridgehead atoms. The minimum absolute atomic E-state index is 0.798. The summed E-state index contributed by atoms with van der Waals surface area (Å²) in [5, 5.41) is 0. The molecule has 0 aromatic heterocycles. The summed E-state index contributed by atoms with van der Waals surface area (Å²) in [6, 6.07) is 1.34. The maximum Gasteiger partial charge on any atom is 0.0615 e. The number of hydrogen-bond acceptors (Lipinski definition) is 0. The van der Waals surface area contributed by atoms with Crippen LogP contribution in [0, 0.1) is 0 Å². The second kappa shape index (κ2) is 4.49. The molecule has 54 valence electrons. The van der Waals surface area contributed by atoms with Crippen molar-refractivity contribution in [2.24, 2.45) is 0 Å². The number of hydrogen-bond donors (Lipinski definition) is 0. The Labute approximate surface area is 72.9 Å². The van der Waals surface area contributed by atoms with Crippen LogP contribution >= 0.6 is 22.6 Å². The number of alkyl halides is 1. The van der Waals surface area contributed by atoms with Crippen molar-refractivity contribution in [2.45, 2.75) is 26.1 Å². The first-order valence-corrected chi connectivity index (χ1v) is 8.23. The maximum absolute atomic E-state index is 2.50. The Morgan fingerprint density at radius 2 is 2.00 bits per heavy atom. The van der Waals surface area contributed by atoms with Gasteiger partial charge in [0.2, 0.25) is 0 Å². The van der Waals surface area contributed by atoms with Crippen LogP contribution in [0.5, 0.6) is 0 Å². The molecule has 0 N–H and O–H groups in total. The molecule has 0 heterocycles. The van der Waals surface area contributed by atoms with Crippen molar-refractivity contribution in [1.29, 1.82) is 0 Å². The standard InChI is InChI=1S/C7H15ISi/c1-4-5-6-9(2,3)7-8/h4-5H,6-7H2,1-3H3/b5-4+. The van der Waals surface area contributed by atoms with Gasteiger partial charge in [-0.15, -0.1) is 0 Å². The Balaban J connectivity index is 3.58. The second-order valence-electron chi connectivity index (χ2n) is 3.07. The lowest BCUT2D eigenvalue weighted by Gasteiger charge is -2.15. The van der Waals surface area contributed by atoms with Crippen LogP contribution in [-0.2, 0) is 0 Å². The third-order valence-corrected chi connectivity index (χ3v) is 9.53. The Morgan fingerprint density at radius 3 is 2.33 bits per heavy atom. The van der Waals surface area contributed by atoms with E-state index in [4.69, 9.17) is 0 Å². The Kier molecular flexibility index (Phi) is 4.84. The van der Waals surface area contributed by atoms with Gasteiger partial charge in [-0.25, -0.2) is 0 Å². The first kappa shape index (κ1) is 9.69. The fourth-order valence-corrected chi connectivity index (χ4v) is 2.41. The lowest BCUT2D eigenvalue weighted by molar-refractivity contribution is 1.49. The minimum atomic E-state index is -0.798. The fourth-order valence-electron chi connectivity index (χ4n) is 0.491. The zero-order valence-corrected chi connectivity index (χ0v) is 9.60. The van der Waals surface area contributed by atoms with E-state index >= 15 is 0 Å². The SMILES string of the molecule is C/C=C/C[Si](C)(C)CI. The number of allylic oxidation sites excluding steroid dienone is 2. The van der Waals surface area contributed by atoms with Gasteiger partial charge in [0.1, 0.15) is 0 Å².